The van der Waals surface area contributed by atoms with Gasteiger partial charge in [0, 0.05) is 5.56 Å². The highest BCUT2D eigenvalue weighted by Crippen LogP contribution is 2.38. The first-order valence-electron chi connectivity index (χ1n) is 6.94. The molecule has 126 valence electrons. The molecular formula is C18H14F4O2. The lowest BCUT2D eigenvalue weighted by atomic mass is 9.90. The number of rotatable bonds is 2. The molecule has 0 amide bonds. The third kappa shape index (κ3) is 3.58. The van der Waals surface area contributed by atoms with Gasteiger partial charge < -0.3 is 10.2 Å². The topological polar surface area (TPSA) is 40.5 Å². The molecule has 0 bridgehead atoms. The molecule has 0 spiro atoms. The minimum atomic E-state index is -5.07. The minimum absolute atomic E-state index is 0.106. The van der Waals surface area contributed by atoms with Crippen molar-refractivity contribution in [2.75, 3.05) is 0 Å². The van der Waals surface area contributed by atoms with E-state index < -0.39 is 28.8 Å². The van der Waals surface area contributed by atoms with Crippen LogP contribution in [0.3, 0.4) is 0 Å². The van der Waals surface area contributed by atoms with Crippen LogP contribution in [0.2, 0.25) is 0 Å². The third-order valence-corrected chi connectivity index (χ3v) is 3.49. The zero-order chi connectivity index (χ0) is 18.0. The molecule has 0 saturated heterocycles. The molecule has 0 fully saturated rings. The molecule has 6 heteroatoms. The lowest BCUT2D eigenvalue weighted by Crippen LogP contribution is -2.41. The largest absolute Gasteiger partial charge is 0.433 e. The fourth-order valence-corrected chi connectivity index (χ4v) is 2.04. The first-order valence-corrected chi connectivity index (χ1v) is 6.94. The summed E-state index contributed by atoms with van der Waals surface area (Å²) in [6.45, 7) is 1.16. The van der Waals surface area contributed by atoms with Crippen molar-refractivity contribution in [1.82, 2.24) is 0 Å². The number of aliphatic hydroxyl groups is 2. The molecule has 0 aliphatic heterocycles. The summed E-state index contributed by atoms with van der Waals surface area (Å²) in [6.07, 6.45) is -5.07. The van der Waals surface area contributed by atoms with E-state index in [0.717, 1.165) is 31.2 Å². The van der Waals surface area contributed by atoms with Gasteiger partial charge in [-0.1, -0.05) is 54.3 Å². The predicted octanol–water partition coefficient (Wildman–Crippen LogP) is 3.49. The Morgan fingerprint density at radius 3 is 1.83 bits per heavy atom. The maximum absolute atomic E-state index is 13.3. The molecule has 24 heavy (non-hydrogen) atoms. The number of hydrogen-bond acceptors (Lipinski definition) is 2. The van der Waals surface area contributed by atoms with E-state index in [2.05, 4.69) is 5.92 Å². The van der Waals surface area contributed by atoms with Crippen molar-refractivity contribution in [2.45, 2.75) is 24.3 Å². The highest BCUT2D eigenvalue weighted by molar-refractivity contribution is 5.38. The molecule has 0 aromatic heterocycles. The molecule has 0 radical (unpaired) electrons. The highest BCUT2D eigenvalue weighted by atomic mass is 19.4. The van der Waals surface area contributed by atoms with E-state index in [1.54, 1.807) is 5.92 Å². The predicted molar refractivity (Wildman–Crippen MR) is 80.1 cm³/mol. The highest BCUT2D eigenvalue weighted by Gasteiger charge is 2.54. The third-order valence-electron chi connectivity index (χ3n) is 3.49. The summed E-state index contributed by atoms with van der Waals surface area (Å²) in [4.78, 5) is 0. The smallest absolute Gasteiger partial charge is 0.374 e. The maximum atomic E-state index is 13.3. The summed E-state index contributed by atoms with van der Waals surface area (Å²) < 4.78 is 52.9. The molecule has 0 unspecified atom stereocenters. The summed E-state index contributed by atoms with van der Waals surface area (Å²) in [6, 6.07) is 10.9. The molecular weight excluding hydrogens is 324 g/mol. The van der Waals surface area contributed by atoms with Gasteiger partial charge in [0.15, 0.2) is 0 Å². The molecule has 0 aliphatic carbocycles. The Bertz CT molecular complexity index is 756. The van der Waals surface area contributed by atoms with Crippen molar-refractivity contribution in [3.63, 3.8) is 0 Å². The number of hydrogen-bond donors (Lipinski definition) is 2. The van der Waals surface area contributed by atoms with E-state index in [-0.39, 0.29) is 5.56 Å². The summed E-state index contributed by atoms with van der Waals surface area (Å²) >= 11 is 0. The van der Waals surface area contributed by atoms with Gasteiger partial charge in [0.2, 0.25) is 5.60 Å². The monoisotopic (exact) mass is 338 g/mol. The van der Waals surface area contributed by atoms with Crippen LogP contribution in [0, 0.1) is 17.7 Å². The van der Waals surface area contributed by atoms with E-state index in [0.29, 0.717) is 0 Å². The average Bonchev–Trinajstić information content (AvgIpc) is 2.53. The van der Waals surface area contributed by atoms with Crippen LogP contribution >= 0.6 is 0 Å². The van der Waals surface area contributed by atoms with Crippen molar-refractivity contribution in [1.29, 1.82) is 0 Å². The van der Waals surface area contributed by atoms with Gasteiger partial charge >= 0.3 is 6.18 Å². The van der Waals surface area contributed by atoms with Gasteiger partial charge in [-0.25, -0.2) is 4.39 Å². The van der Waals surface area contributed by atoms with E-state index in [1.165, 1.54) is 30.3 Å². The quantitative estimate of drug-likeness (QED) is 0.650. The molecule has 2 aromatic rings. The first kappa shape index (κ1) is 18.0. The fraction of sp³-hybridized carbons (Fsp3) is 0.222. The zero-order valence-electron chi connectivity index (χ0n) is 12.6. The number of benzene rings is 2. The normalized spacial score (nSPS) is 16.5. The molecule has 0 heterocycles. The molecule has 2 nitrogen and oxygen atoms in total. The van der Waals surface area contributed by atoms with Crippen LogP contribution in [0.1, 0.15) is 18.1 Å². The van der Waals surface area contributed by atoms with Gasteiger partial charge in [-0.05, 0) is 24.6 Å². The zero-order valence-corrected chi connectivity index (χ0v) is 12.6. The van der Waals surface area contributed by atoms with Crippen LogP contribution in [-0.4, -0.2) is 16.4 Å². The Balaban J connectivity index is 2.49. The van der Waals surface area contributed by atoms with Crippen LogP contribution in [-0.2, 0) is 11.2 Å². The van der Waals surface area contributed by atoms with Crippen LogP contribution in [0.4, 0.5) is 17.6 Å². The Kier molecular flexibility index (Phi) is 4.70. The molecule has 2 aromatic carbocycles. The summed E-state index contributed by atoms with van der Waals surface area (Å²) in [5.74, 6) is 3.24. The molecule has 2 N–H and O–H groups in total. The van der Waals surface area contributed by atoms with Crippen LogP contribution in [0.25, 0.3) is 0 Å². The summed E-state index contributed by atoms with van der Waals surface area (Å²) in [5.41, 5.74) is -5.78. The Hall–Kier alpha value is -2.36. The summed E-state index contributed by atoms with van der Waals surface area (Å²) in [7, 11) is 0. The minimum Gasteiger partial charge on any atom is -0.374 e. The maximum Gasteiger partial charge on any atom is 0.433 e. The first-order chi connectivity index (χ1) is 11.1. The van der Waals surface area contributed by atoms with Crippen LogP contribution in [0.5, 0.6) is 0 Å². The fourth-order valence-electron chi connectivity index (χ4n) is 2.04. The van der Waals surface area contributed by atoms with E-state index in [9.17, 15) is 27.8 Å². The van der Waals surface area contributed by atoms with Gasteiger partial charge in [-0.2, -0.15) is 13.2 Å². The van der Waals surface area contributed by atoms with Crippen LogP contribution in [0.15, 0.2) is 54.6 Å². The lowest BCUT2D eigenvalue weighted by molar-refractivity contribution is -0.240. The average molecular weight is 338 g/mol. The second-order valence-corrected chi connectivity index (χ2v) is 5.40. The summed E-state index contributed by atoms with van der Waals surface area (Å²) in [5, 5.41) is 20.4. The SMILES string of the molecule is C[C@@](O)(C#C[C@@](O)(c1ccccc1)C(F)(F)F)c1ccc(F)cc1. The molecule has 2 rings (SSSR count). The second-order valence-electron chi connectivity index (χ2n) is 5.40. The number of halogens is 4. The van der Waals surface area contributed by atoms with Gasteiger partial charge in [0.05, 0.1) is 0 Å². The molecule has 0 aliphatic rings. The second kappa shape index (κ2) is 6.27. The number of alkyl halides is 3. The Morgan fingerprint density at radius 2 is 1.33 bits per heavy atom. The Labute approximate surface area is 136 Å². The van der Waals surface area contributed by atoms with E-state index in [4.69, 9.17) is 0 Å². The van der Waals surface area contributed by atoms with Gasteiger partial charge in [0.25, 0.3) is 0 Å². The van der Waals surface area contributed by atoms with Crippen molar-refractivity contribution >= 4 is 0 Å². The van der Waals surface area contributed by atoms with Gasteiger partial charge in [-0.15, -0.1) is 0 Å². The standard InChI is InChI=1S/C18H14F4O2/c1-16(23,13-7-9-15(19)10-8-13)11-12-17(24,18(20,21)22)14-5-3-2-4-6-14/h2-10,23-24H,1H3/t16-,17-/m1/s1. The van der Waals surface area contributed by atoms with Crippen molar-refractivity contribution < 1.29 is 27.8 Å². The van der Waals surface area contributed by atoms with Crippen molar-refractivity contribution in [2.24, 2.45) is 0 Å². The lowest BCUT2D eigenvalue weighted by Gasteiger charge is -2.26. The Morgan fingerprint density at radius 1 is 0.792 bits per heavy atom. The van der Waals surface area contributed by atoms with Gasteiger partial charge in [0.1, 0.15) is 11.4 Å². The van der Waals surface area contributed by atoms with Gasteiger partial charge in [-0.3, -0.25) is 0 Å². The van der Waals surface area contributed by atoms with E-state index >= 15 is 0 Å². The van der Waals surface area contributed by atoms with Crippen LogP contribution < -0.4 is 0 Å². The molecule has 0 saturated carbocycles. The van der Waals surface area contributed by atoms with Crippen molar-refractivity contribution in [3.8, 4) is 11.8 Å². The van der Waals surface area contributed by atoms with E-state index in [1.807, 2.05) is 0 Å². The van der Waals surface area contributed by atoms with Crippen molar-refractivity contribution in [3.05, 3.63) is 71.5 Å². The molecule has 2 atom stereocenters.